The molecule has 0 aliphatic heterocycles. The van der Waals surface area contributed by atoms with Crippen LogP contribution in [0.1, 0.15) is 129 Å². The molecule has 0 rings (SSSR count). The Bertz CT molecular complexity index is 730. The number of rotatable bonds is 29. The largest absolute Gasteiger partial charge is 0.396 e. The molecule has 0 aromatic carbocycles. The van der Waals surface area contributed by atoms with Crippen molar-refractivity contribution in [3.8, 4) is 0 Å². The first-order valence-corrected chi connectivity index (χ1v) is 16.9. The maximum atomic E-state index is 13.3. The van der Waals surface area contributed by atoms with Gasteiger partial charge in [-0.1, -0.05) is 84.0 Å². The first-order valence-electron chi connectivity index (χ1n) is 16.2. The molecular weight excluding hydrogens is 556 g/mol. The number of hydrogen-bond acceptors (Lipinski definition) is 8. The molecule has 0 aliphatic rings. The third kappa shape index (κ3) is 18.8. The molecule has 3 atom stereocenters. The summed E-state index contributed by atoms with van der Waals surface area (Å²) in [5.41, 5.74) is 4.02. The molecule has 0 fully saturated rings. The molecule has 10 nitrogen and oxygen atoms in total. The topological polar surface area (TPSA) is 171 Å². The lowest BCUT2D eigenvalue weighted by atomic mass is 9.93. The van der Waals surface area contributed by atoms with Gasteiger partial charge < -0.3 is 36.7 Å². The van der Waals surface area contributed by atoms with Crippen LogP contribution >= 0.6 is 12.6 Å². The molecule has 0 spiro atoms. The average molecular weight is 617 g/mol. The molecule has 0 radical (unpaired) electrons. The van der Waals surface area contributed by atoms with Crippen LogP contribution < -0.4 is 21.7 Å². The fourth-order valence-electron chi connectivity index (χ4n) is 4.89. The second-order valence-electron chi connectivity index (χ2n) is 11.4. The number of unbranched alkanes of at least 4 members (excludes halogenated alkanes) is 13. The second kappa shape index (κ2) is 26.9. The van der Waals surface area contributed by atoms with E-state index in [9.17, 15) is 29.4 Å². The zero-order valence-electron chi connectivity index (χ0n) is 26.0. The summed E-state index contributed by atoms with van der Waals surface area (Å²) in [5, 5.41) is 27.0. The van der Waals surface area contributed by atoms with Gasteiger partial charge in [0.15, 0.2) is 0 Å². The standard InChI is InChI=1S/C31H60N4O6S/c1-2-3-4-5-6-7-8-9-10-11-12-13-14-19-28(39)35-31(25-42,20-17-22-36)30(41)34-27(24-38)29(40)33-26(23-37)18-15-16-21-32/h23,26-27,36,38,42H,2-22,24-25,32H2,1H3,(H,33,40)(H,34,41)(H,35,39)/t26-,27-,31-/m0/s1. The minimum absolute atomic E-state index is 0.0566. The van der Waals surface area contributed by atoms with Gasteiger partial charge in [-0.25, -0.2) is 0 Å². The number of aliphatic hydroxyl groups is 2. The van der Waals surface area contributed by atoms with Crippen molar-refractivity contribution >= 4 is 36.6 Å². The van der Waals surface area contributed by atoms with Crippen LogP contribution in [-0.2, 0) is 19.2 Å². The molecule has 0 bridgehead atoms. The fraction of sp³-hybridized carbons (Fsp3) is 0.871. The summed E-state index contributed by atoms with van der Waals surface area (Å²) in [5.74, 6) is -1.74. The Morgan fingerprint density at radius 1 is 0.833 bits per heavy atom. The Balaban J connectivity index is 4.72. The van der Waals surface area contributed by atoms with Crippen molar-refractivity contribution in [2.45, 2.75) is 147 Å². The maximum absolute atomic E-state index is 13.3. The molecule has 0 saturated heterocycles. The van der Waals surface area contributed by atoms with E-state index in [2.05, 4.69) is 35.5 Å². The van der Waals surface area contributed by atoms with Crippen LogP contribution in [-0.4, -0.2) is 77.4 Å². The summed E-state index contributed by atoms with van der Waals surface area (Å²) in [6, 6.07) is -2.08. The Kier molecular flexibility index (Phi) is 25.8. The molecular formula is C31H60N4O6S. The second-order valence-corrected chi connectivity index (χ2v) is 11.7. The molecule has 0 heterocycles. The molecule has 11 heteroatoms. The van der Waals surface area contributed by atoms with Gasteiger partial charge in [-0.05, 0) is 45.1 Å². The molecule has 42 heavy (non-hydrogen) atoms. The van der Waals surface area contributed by atoms with Crippen molar-refractivity contribution in [1.82, 2.24) is 16.0 Å². The van der Waals surface area contributed by atoms with E-state index in [1.165, 1.54) is 57.8 Å². The summed E-state index contributed by atoms with van der Waals surface area (Å²) in [6.07, 6.45) is 18.5. The van der Waals surface area contributed by atoms with E-state index >= 15 is 0 Å². The van der Waals surface area contributed by atoms with Crippen LogP contribution in [0.15, 0.2) is 0 Å². The third-order valence-corrected chi connectivity index (χ3v) is 8.16. The average Bonchev–Trinajstić information content (AvgIpc) is 2.99. The highest BCUT2D eigenvalue weighted by atomic mass is 32.1. The molecule has 0 aliphatic carbocycles. The van der Waals surface area contributed by atoms with Crippen molar-refractivity contribution in [2.75, 3.05) is 25.5 Å². The molecule has 0 saturated carbocycles. The maximum Gasteiger partial charge on any atom is 0.247 e. The summed E-state index contributed by atoms with van der Waals surface area (Å²) < 4.78 is 0. The quantitative estimate of drug-likeness (QED) is 0.0384. The molecule has 246 valence electrons. The van der Waals surface area contributed by atoms with E-state index in [0.717, 1.165) is 19.3 Å². The van der Waals surface area contributed by atoms with Crippen molar-refractivity contribution in [3.63, 3.8) is 0 Å². The van der Waals surface area contributed by atoms with Crippen LogP contribution in [0.4, 0.5) is 0 Å². The number of nitrogens with two attached hydrogens (primary N) is 1. The van der Waals surface area contributed by atoms with Crippen LogP contribution in [0.5, 0.6) is 0 Å². The van der Waals surface area contributed by atoms with Crippen molar-refractivity contribution < 1.29 is 29.4 Å². The van der Waals surface area contributed by atoms with Gasteiger partial charge in [-0.3, -0.25) is 14.4 Å². The highest BCUT2D eigenvalue weighted by Gasteiger charge is 2.40. The monoisotopic (exact) mass is 616 g/mol. The van der Waals surface area contributed by atoms with Crippen LogP contribution in [0.3, 0.4) is 0 Å². The van der Waals surface area contributed by atoms with Crippen molar-refractivity contribution in [2.24, 2.45) is 5.73 Å². The minimum Gasteiger partial charge on any atom is -0.396 e. The summed E-state index contributed by atoms with van der Waals surface area (Å²) >= 11 is 4.33. The number of carbonyl (C=O) groups is 4. The predicted molar refractivity (Wildman–Crippen MR) is 171 cm³/mol. The lowest BCUT2D eigenvalue weighted by molar-refractivity contribution is -0.136. The Morgan fingerprint density at radius 2 is 1.40 bits per heavy atom. The molecule has 0 aromatic heterocycles. The number of amides is 3. The van der Waals surface area contributed by atoms with E-state index in [4.69, 9.17) is 5.73 Å². The molecule has 3 amide bonds. The van der Waals surface area contributed by atoms with Gasteiger partial charge in [0, 0.05) is 18.8 Å². The molecule has 0 unspecified atom stereocenters. The lowest BCUT2D eigenvalue weighted by Gasteiger charge is -2.33. The van der Waals surface area contributed by atoms with E-state index in [1.54, 1.807) is 0 Å². The summed E-state index contributed by atoms with van der Waals surface area (Å²) in [6.45, 7) is 1.82. The van der Waals surface area contributed by atoms with E-state index in [1.807, 2.05) is 0 Å². The zero-order valence-corrected chi connectivity index (χ0v) is 26.9. The van der Waals surface area contributed by atoms with E-state index in [0.29, 0.717) is 38.5 Å². The van der Waals surface area contributed by atoms with Gasteiger partial charge >= 0.3 is 0 Å². The Labute approximate surface area is 259 Å². The van der Waals surface area contributed by atoms with Crippen molar-refractivity contribution in [3.05, 3.63) is 0 Å². The summed E-state index contributed by atoms with van der Waals surface area (Å²) in [4.78, 5) is 50.2. The number of aldehydes is 1. The van der Waals surface area contributed by atoms with E-state index < -0.39 is 36.0 Å². The van der Waals surface area contributed by atoms with Crippen molar-refractivity contribution in [1.29, 1.82) is 0 Å². The Morgan fingerprint density at radius 3 is 1.88 bits per heavy atom. The van der Waals surface area contributed by atoms with Gasteiger partial charge in [-0.15, -0.1) is 0 Å². The Hall–Kier alpha value is -1.69. The number of thiol groups is 1. The third-order valence-electron chi connectivity index (χ3n) is 7.62. The van der Waals surface area contributed by atoms with Gasteiger partial charge in [0.1, 0.15) is 17.9 Å². The number of nitrogens with one attached hydrogen (secondary N) is 3. The predicted octanol–water partition coefficient (Wildman–Crippen LogP) is 3.31. The zero-order chi connectivity index (χ0) is 31.5. The van der Waals surface area contributed by atoms with Gasteiger partial charge in [-0.2, -0.15) is 12.6 Å². The first-order chi connectivity index (χ1) is 20.3. The molecule has 7 N–H and O–H groups in total. The summed E-state index contributed by atoms with van der Waals surface area (Å²) in [7, 11) is 0. The van der Waals surface area contributed by atoms with E-state index in [-0.39, 0.29) is 37.5 Å². The first kappa shape index (κ1) is 40.3. The SMILES string of the molecule is CCCCCCCCCCCCCCCC(=O)N[C@](CS)(CCCO)C(=O)N[C@@H](CO)C(=O)N[C@H](C=O)CCCCN. The van der Waals surface area contributed by atoms with Gasteiger partial charge in [0.05, 0.1) is 12.6 Å². The number of hydrogen-bond donors (Lipinski definition) is 7. The number of carbonyl (C=O) groups excluding carboxylic acids is 4. The van der Waals surface area contributed by atoms with Crippen LogP contribution in [0.25, 0.3) is 0 Å². The van der Waals surface area contributed by atoms with Crippen LogP contribution in [0.2, 0.25) is 0 Å². The van der Waals surface area contributed by atoms with Gasteiger partial charge in [0.25, 0.3) is 0 Å². The lowest BCUT2D eigenvalue weighted by Crippen LogP contribution is -2.64. The smallest absolute Gasteiger partial charge is 0.247 e. The van der Waals surface area contributed by atoms with Crippen LogP contribution in [0, 0.1) is 0 Å². The fourth-order valence-corrected chi connectivity index (χ4v) is 5.27. The van der Waals surface area contributed by atoms with Gasteiger partial charge in [0.2, 0.25) is 17.7 Å². The minimum atomic E-state index is -1.46. The normalized spacial score (nSPS) is 14.0. The highest BCUT2D eigenvalue weighted by Crippen LogP contribution is 2.18. The highest BCUT2D eigenvalue weighted by molar-refractivity contribution is 7.80. The number of aliphatic hydroxyl groups excluding tert-OH is 2. The molecule has 0 aromatic rings.